The number of nitriles is 1. The number of fused-ring (bicyclic) bond motifs is 2. The monoisotopic (exact) mass is 413 g/mol. The Labute approximate surface area is 175 Å². The summed E-state index contributed by atoms with van der Waals surface area (Å²) >= 11 is 0. The highest BCUT2D eigenvalue weighted by molar-refractivity contribution is 5.95. The number of nitrogens with one attached hydrogen (secondary N) is 2. The van der Waals surface area contributed by atoms with Crippen LogP contribution in [0.15, 0.2) is 30.5 Å². The number of amides is 1. The van der Waals surface area contributed by atoms with Gasteiger partial charge >= 0.3 is 0 Å². The number of piperidine rings is 1. The predicted octanol–water partition coefficient (Wildman–Crippen LogP) is 1.46. The Morgan fingerprint density at radius 1 is 1.31 bits per heavy atom. The lowest BCUT2D eigenvalue weighted by molar-refractivity contribution is -0.137. The number of halogens is 1. The summed E-state index contributed by atoms with van der Waals surface area (Å²) in [5.41, 5.74) is 2.24. The third-order valence-corrected chi connectivity index (χ3v) is 6.16. The minimum atomic E-state index is -0.500. The molecular formula is C21H24ClN5O2. The maximum Gasteiger partial charge on any atom is 0.251 e. The summed E-state index contributed by atoms with van der Waals surface area (Å²) in [6.07, 6.45) is 1.14. The van der Waals surface area contributed by atoms with Crippen molar-refractivity contribution >= 4 is 34.9 Å². The summed E-state index contributed by atoms with van der Waals surface area (Å²) in [6.45, 7) is 5.17. The Balaban J connectivity index is 0.00000205. The Kier molecular flexibility index (Phi) is 5.34. The number of pyridine rings is 1. The van der Waals surface area contributed by atoms with Crippen LogP contribution >= 0.6 is 12.4 Å². The molecule has 7 nitrogen and oxygen atoms in total. The molecule has 2 aromatic rings. The zero-order chi connectivity index (χ0) is 19.3. The van der Waals surface area contributed by atoms with E-state index in [-0.39, 0.29) is 24.4 Å². The fraction of sp³-hybridized carbons (Fsp3) is 0.476. The van der Waals surface area contributed by atoms with Crippen LogP contribution < -0.4 is 15.5 Å². The van der Waals surface area contributed by atoms with Crippen molar-refractivity contribution < 1.29 is 9.53 Å². The van der Waals surface area contributed by atoms with Crippen molar-refractivity contribution in [2.75, 3.05) is 31.1 Å². The predicted molar refractivity (Wildman–Crippen MR) is 112 cm³/mol. The fourth-order valence-corrected chi connectivity index (χ4v) is 4.71. The maximum atomic E-state index is 12.8. The summed E-state index contributed by atoms with van der Waals surface area (Å²) in [5.74, 6) is 1.14. The third-order valence-electron chi connectivity index (χ3n) is 6.16. The number of carbonyl (C=O) groups excluding carboxylic acids is 1. The van der Waals surface area contributed by atoms with E-state index < -0.39 is 6.10 Å². The number of hydrogen-bond donors (Lipinski definition) is 2. The Bertz CT molecular complexity index is 967. The highest BCUT2D eigenvalue weighted by Gasteiger charge is 2.54. The first-order chi connectivity index (χ1) is 13.7. The molecule has 1 aliphatic carbocycles. The van der Waals surface area contributed by atoms with Crippen molar-refractivity contribution in [2.45, 2.75) is 25.2 Å². The molecule has 1 saturated carbocycles. The topological polar surface area (TPSA) is 90.3 Å². The van der Waals surface area contributed by atoms with E-state index in [1.165, 1.54) is 0 Å². The molecule has 3 fully saturated rings. The highest BCUT2D eigenvalue weighted by Crippen LogP contribution is 2.41. The molecule has 8 heteroatoms. The first kappa shape index (κ1) is 19.9. The number of carbonyl (C=O) groups is 1. The van der Waals surface area contributed by atoms with Gasteiger partial charge in [-0.25, -0.2) is 0 Å². The van der Waals surface area contributed by atoms with E-state index in [4.69, 9.17) is 4.74 Å². The molecule has 0 spiro atoms. The number of rotatable bonds is 3. The number of morpholine rings is 1. The van der Waals surface area contributed by atoms with E-state index in [0.29, 0.717) is 42.0 Å². The smallest absolute Gasteiger partial charge is 0.251 e. The van der Waals surface area contributed by atoms with E-state index in [1.807, 2.05) is 25.1 Å². The Hall–Kier alpha value is -2.40. The molecule has 0 bridgehead atoms. The number of nitrogens with zero attached hydrogens (tertiary/aromatic N) is 3. The number of aromatic nitrogens is 1. The summed E-state index contributed by atoms with van der Waals surface area (Å²) in [6, 6.07) is 10.1. The van der Waals surface area contributed by atoms with Gasteiger partial charge in [0.15, 0.2) is 6.10 Å². The molecule has 5 atom stereocenters. The quantitative estimate of drug-likeness (QED) is 0.791. The van der Waals surface area contributed by atoms with Crippen molar-refractivity contribution in [1.82, 2.24) is 15.6 Å². The van der Waals surface area contributed by atoms with Crippen LogP contribution in [0.25, 0.3) is 10.9 Å². The number of anilines is 1. The summed E-state index contributed by atoms with van der Waals surface area (Å²) < 4.78 is 5.97. The lowest BCUT2D eigenvalue weighted by Crippen LogP contribution is -2.53. The summed E-state index contributed by atoms with van der Waals surface area (Å²) in [4.78, 5) is 19.4. The zero-order valence-corrected chi connectivity index (χ0v) is 17.0. The molecule has 0 radical (unpaired) electrons. The first-order valence-corrected chi connectivity index (χ1v) is 9.85. The Morgan fingerprint density at radius 2 is 2.10 bits per heavy atom. The fourth-order valence-electron chi connectivity index (χ4n) is 4.71. The molecule has 3 aliphatic rings. The van der Waals surface area contributed by atoms with Crippen molar-refractivity contribution in [3.63, 3.8) is 0 Å². The number of ether oxygens (including phenoxy) is 1. The van der Waals surface area contributed by atoms with Crippen molar-refractivity contribution in [1.29, 1.82) is 5.26 Å². The first-order valence-electron chi connectivity index (χ1n) is 9.85. The molecular weight excluding hydrogens is 390 g/mol. The van der Waals surface area contributed by atoms with Crippen molar-refractivity contribution in [3.8, 4) is 6.07 Å². The van der Waals surface area contributed by atoms with Gasteiger partial charge in [0.2, 0.25) is 0 Å². The van der Waals surface area contributed by atoms with Crippen LogP contribution in [0.3, 0.4) is 0 Å². The molecule has 3 heterocycles. The van der Waals surface area contributed by atoms with Gasteiger partial charge in [0.05, 0.1) is 23.7 Å². The van der Waals surface area contributed by atoms with Gasteiger partial charge in [-0.15, -0.1) is 12.4 Å². The Morgan fingerprint density at radius 3 is 2.86 bits per heavy atom. The van der Waals surface area contributed by atoms with Gasteiger partial charge in [-0.2, -0.15) is 5.26 Å². The van der Waals surface area contributed by atoms with E-state index in [9.17, 15) is 10.1 Å². The molecule has 152 valence electrons. The molecule has 2 saturated heterocycles. The minimum absolute atomic E-state index is 0. The normalized spacial score (nSPS) is 30.2. The average molecular weight is 414 g/mol. The van der Waals surface area contributed by atoms with Crippen LogP contribution in [0.1, 0.15) is 12.5 Å². The minimum Gasteiger partial charge on any atom is -0.365 e. The number of benzene rings is 1. The lowest BCUT2D eigenvalue weighted by Gasteiger charge is -2.38. The van der Waals surface area contributed by atoms with Gasteiger partial charge in [0, 0.05) is 42.9 Å². The molecule has 2 aliphatic heterocycles. The highest BCUT2D eigenvalue weighted by atomic mass is 35.5. The van der Waals surface area contributed by atoms with E-state index in [1.54, 1.807) is 12.3 Å². The van der Waals surface area contributed by atoms with E-state index >= 15 is 0 Å². The van der Waals surface area contributed by atoms with Gasteiger partial charge in [-0.1, -0.05) is 0 Å². The standard InChI is InChI=1S/C21H23N5O2.ClH/c1-12-10-26(17-5-4-13(7-22)19-14(17)3-2-6-24-19)11-18(28-12)21(27)25-20-15-8-23-9-16(15)20;/h2-6,12,15-16,18,20,23H,8-11H2,1H3,(H,25,27);1H/t12-,15-,16+,18-,20-;/m1./s1. The average Bonchev–Trinajstić information content (AvgIpc) is 3.12. The van der Waals surface area contributed by atoms with Crippen molar-refractivity contribution in [3.05, 3.63) is 36.0 Å². The SMILES string of the molecule is C[C@@H]1CN(c2ccc(C#N)c3ncccc23)C[C@H](C(=O)N[C@@H]2[C@@H]3CNC[C@@H]32)O1.Cl. The van der Waals surface area contributed by atoms with Crippen LogP contribution in [0, 0.1) is 23.2 Å². The largest absolute Gasteiger partial charge is 0.365 e. The summed E-state index contributed by atoms with van der Waals surface area (Å²) in [5, 5.41) is 16.8. The third kappa shape index (κ3) is 3.52. The van der Waals surface area contributed by atoms with Crippen LogP contribution in [0.2, 0.25) is 0 Å². The van der Waals surface area contributed by atoms with Crippen LogP contribution in [-0.2, 0) is 9.53 Å². The molecule has 5 rings (SSSR count). The van der Waals surface area contributed by atoms with Gasteiger partial charge in [0.1, 0.15) is 6.07 Å². The second-order valence-corrected chi connectivity index (χ2v) is 8.00. The van der Waals surface area contributed by atoms with Crippen LogP contribution in [-0.4, -0.2) is 55.3 Å². The van der Waals surface area contributed by atoms with Gasteiger partial charge < -0.3 is 20.3 Å². The molecule has 29 heavy (non-hydrogen) atoms. The molecule has 2 N–H and O–H groups in total. The van der Waals surface area contributed by atoms with Gasteiger partial charge in [-0.3, -0.25) is 9.78 Å². The van der Waals surface area contributed by atoms with Gasteiger partial charge in [-0.05, 0) is 43.0 Å². The second kappa shape index (κ2) is 7.79. The zero-order valence-electron chi connectivity index (χ0n) is 16.2. The molecule has 1 aromatic carbocycles. The lowest BCUT2D eigenvalue weighted by atomic mass is 10.1. The molecule has 1 amide bonds. The van der Waals surface area contributed by atoms with Crippen molar-refractivity contribution in [2.24, 2.45) is 11.8 Å². The summed E-state index contributed by atoms with van der Waals surface area (Å²) in [7, 11) is 0. The van der Waals surface area contributed by atoms with Gasteiger partial charge in [0.25, 0.3) is 5.91 Å². The molecule has 0 unspecified atom stereocenters. The van der Waals surface area contributed by atoms with E-state index in [2.05, 4.69) is 26.6 Å². The molecule has 1 aromatic heterocycles. The maximum absolute atomic E-state index is 12.8. The number of hydrogen-bond acceptors (Lipinski definition) is 6. The van der Waals surface area contributed by atoms with Crippen LogP contribution in [0.4, 0.5) is 5.69 Å². The second-order valence-electron chi connectivity index (χ2n) is 8.00. The van der Waals surface area contributed by atoms with Crippen LogP contribution in [0.5, 0.6) is 0 Å². The van der Waals surface area contributed by atoms with E-state index in [0.717, 1.165) is 24.2 Å².